The fourth-order valence-corrected chi connectivity index (χ4v) is 6.46. The van der Waals surface area contributed by atoms with Gasteiger partial charge in [-0.15, -0.1) is 0 Å². The van der Waals surface area contributed by atoms with Crippen molar-refractivity contribution in [1.29, 1.82) is 0 Å². The van der Waals surface area contributed by atoms with E-state index in [0.29, 0.717) is 12.0 Å². The lowest BCUT2D eigenvalue weighted by molar-refractivity contribution is -0.180. The van der Waals surface area contributed by atoms with Crippen LogP contribution in [0.1, 0.15) is 33.6 Å². The van der Waals surface area contributed by atoms with Crippen molar-refractivity contribution in [2.75, 3.05) is 6.61 Å². The summed E-state index contributed by atoms with van der Waals surface area (Å²) < 4.78 is 16.7. The van der Waals surface area contributed by atoms with Crippen molar-refractivity contribution >= 4 is 17.3 Å². The van der Waals surface area contributed by atoms with E-state index in [1.807, 2.05) is 0 Å². The van der Waals surface area contributed by atoms with Gasteiger partial charge in [0.2, 0.25) is 0 Å². The molecule has 0 radical (unpaired) electrons. The van der Waals surface area contributed by atoms with Gasteiger partial charge in [-0.05, 0) is 42.9 Å². The lowest BCUT2D eigenvalue weighted by Gasteiger charge is -2.57. The van der Waals surface area contributed by atoms with Crippen LogP contribution in [0.5, 0.6) is 0 Å². The summed E-state index contributed by atoms with van der Waals surface area (Å²) in [7, 11) is 0. The largest absolute Gasteiger partial charge is 0.388 e. The van der Waals surface area contributed by atoms with Crippen LogP contribution in [-0.4, -0.2) is 45.4 Å². The summed E-state index contributed by atoms with van der Waals surface area (Å²) in [4.78, 5) is 37.6. The molecular formula is C22H25FO5. The summed E-state index contributed by atoms with van der Waals surface area (Å²) in [6.07, 6.45) is 7.52. The molecule has 0 aromatic carbocycles. The van der Waals surface area contributed by atoms with Gasteiger partial charge < -0.3 is 10.2 Å². The smallest absolute Gasteiger partial charge is 0.190 e. The highest BCUT2D eigenvalue weighted by Gasteiger charge is 2.75. The summed E-state index contributed by atoms with van der Waals surface area (Å²) in [5.41, 5.74) is -6.12. The van der Waals surface area contributed by atoms with E-state index in [9.17, 15) is 24.6 Å². The Bertz CT molecular complexity index is 887. The van der Waals surface area contributed by atoms with Crippen molar-refractivity contribution in [2.45, 2.75) is 44.9 Å². The fourth-order valence-electron chi connectivity index (χ4n) is 6.46. The normalized spacial score (nSPS) is 49.4. The van der Waals surface area contributed by atoms with E-state index in [4.69, 9.17) is 0 Å². The summed E-state index contributed by atoms with van der Waals surface area (Å²) in [5.74, 6) is -3.44. The molecule has 2 saturated carbocycles. The van der Waals surface area contributed by atoms with E-state index in [-0.39, 0.29) is 12.2 Å². The van der Waals surface area contributed by atoms with Crippen LogP contribution in [0.15, 0.2) is 36.0 Å². The Hall–Kier alpha value is -1.92. The fraction of sp³-hybridized carbons (Fsp3) is 0.591. The first-order chi connectivity index (χ1) is 13.0. The SMILES string of the molecule is CC1C[C@H]2[C@@H]3C=CC4=CC(=O)C=C[C@]4(C)[C@@]3(F)C(=O)C[C@]2(C)[C@@]1(O)C(=O)CO. The minimum Gasteiger partial charge on any atom is -0.388 e. The number of alkyl halides is 1. The molecule has 0 aromatic heterocycles. The second-order valence-corrected chi connectivity index (χ2v) is 9.24. The molecule has 4 aliphatic carbocycles. The Balaban J connectivity index is 1.90. The predicted molar refractivity (Wildman–Crippen MR) is 98.9 cm³/mol. The van der Waals surface area contributed by atoms with Crippen LogP contribution in [0.3, 0.4) is 0 Å². The number of aliphatic hydroxyl groups excluding tert-OH is 1. The minimum absolute atomic E-state index is 0.246. The molecule has 0 heterocycles. The molecule has 2 N–H and O–H groups in total. The van der Waals surface area contributed by atoms with E-state index in [1.54, 1.807) is 32.9 Å². The molecule has 0 spiro atoms. The number of rotatable bonds is 2. The molecule has 2 fully saturated rings. The number of carbonyl (C=O) groups is 3. The van der Waals surface area contributed by atoms with E-state index < -0.39 is 58.0 Å². The molecule has 7 atom stereocenters. The highest BCUT2D eigenvalue weighted by atomic mass is 19.1. The lowest BCUT2D eigenvalue weighted by atomic mass is 9.46. The van der Waals surface area contributed by atoms with Gasteiger partial charge in [0.1, 0.15) is 12.2 Å². The van der Waals surface area contributed by atoms with Crippen molar-refractivity contribution in [3.8, 4) is 0 Å². The zero-order valence-corrected chi connectivity index (χ0v) is 16.2. The van der Waals surface area contributed by atoms with Gasteiger partial charge >= 0.3 is 0 Å². The average molecular weight is 388 g/mol. The van der Waals surface area contributed by atoms with Gasteiger partial charge in [-0.3, -0.25) is 14.4 Å². The number of halogens is 1. The number of fused-ring (bicyclic) bond motifs is 5. The second kappa shape index (κ2) is 5.57. The van der Waals surface area contributed by atoms with E-state index >= 15 is 4.39 Å². The second-order valence-electron chi connectivity index (χ2n) is 9.24. The zero-order chi connectivity index (χ0) is 20.7. The van der Waals surface area contributed by atoms with Crippen LogP contribution >= 0.6 is 0 Å². The van der Waals surface area contributed by atoms with Crippen LogP contribution < -0.4 is 0 Å². The summed E-state index contributed by atoms with van der Waals surface area (Å²) in [6.45, 7) is 4.17. The third-order valence-electron chi connectivity index (χ3n) is 8.12. The highest BCUT2D eigenvalue weighted by Crippen LogP contribution is 2.68. The minimum atomic E-state index is -2.26. The molecule has 6 heteroatoms. The van der Waals surface area contributed by atoms with Crippen LogP contribution in [0.4, 0.5) is 4.39 Å². The Morgan fingerprint density at radius 3 is 2.61 bits per heavy atom. The quantitative estimate of drug-likeness (QED) is 0.754. The molecule has 0 aliphatic heterocycles. The summed E-state index contributed by atoms with van der Waals surface area (Å²) in [5, 5.41) is 20.7. The maximum absolute atomic E-state index is 16.7. The molecule has 4 aliphatic rings. The van der Waals surface area contributed by atoms with Gasteiger partial charge in [-0.2, -0.15) is 0 Å². The van der Waals surface area contributed by atoms with E-state index in [1.165, 1.54) is 18.2 Å². The van der Waals surface area contributed by atoms with Crippen LogP contribution in [-0.2, 0) is 14.4 Å². The Morgan fingerprint density at radius 1 is 1.29 bits per heavy atom. The maximum Gasteiger partial charge on any atom is 0.190 e. The maximum atomic E-state index is 16.7. The van der Waals surface area contributed by atoms with Crippen molar-refractivity contribution in [2.24, 2.45) is 28.6 Å². The van der Waals surface area contributed by atoms with Crippen LogP contribution in [0.25, 0.3) is 0 Å². The molecule has 0 saturated heterocycles. The molecule has 4 rings (SSSR count). The highest BCUT2D eigenvalue weighted by molar-refractivity contribution is 6.03. The van der Waals surface area contributed by atoms with Crippen LogP contribution in [0, 0.1) is 28.6 Å². The Morgan fingerprint density at radius 2 is 1.96 bits per heavy atom. The van der Waals surface area contributed by atoms with Gasteiger partial charge in [0, 0.05) is 17.8 Å². The molecule has 1 unspecified atom stereocenters. The third-order valence-corrected chi connectivity index (χ3v) is 8.12. The van der Waals surface area contributed by atoms with E-state index in [2.05, 4.69) is 0 Å². The zero-order valence-electron chi connectivity index (χ0n) is 16.2. The number of aliphatic hydroxyl groups is 2. The first-order valence-electron chi connectivity index (χ1n) is 9.69. The van der Waals surface area contributed by atoms with Crippen molar-refractivity contribution in [1.82, 2.24) is 0 Å². The Labute approximate surface area is 163 Å². The third kappa shape index (κ3) is 1.90. The van der Waals surface area contributed by atoms with Gasteiger partial charge in [-0.25, -0.2) is 4.39 Å². The molecule has 0 amide bonds. The molecular weight excluding hydrogens is 363 g/mol. The van der Waals surface area contributed by atoms with Crippen molar-refractivity contribution in [3.63, 3.8) is 0 Å². The van der Waals surface area contributed by atoms with Gasteiger partial charge in [0.25, 0.3) is 0 Å². The van der Waals surface area contributed by atoms with E-state index in [0.717, 1.165) is 0 Å². The first kappa shape index (κ1) is 19.4. The van der Waals surface area contributed by atoms with Gasteiger partial charge in [0.15, 0.2) is 23.0 Å². The Kier molecular flexibility index (Phi) is 3.86. The van der Waals surface area contributed by atoms with Gasteiger partial charge in [-0.1, -0.05) is 32.1 Å². The molecule has 28 heavy (non-hydrogen) atoms. The van der Waals surface area contributed by atoms with Crippen molar-refractivity contribution < 1.29 is 29.0 Å². The summed E-state index contributed by atoms with van der Waals surface area (Å²) in [6, 6.07) is 0. The standard InChI is InChI=1S/C22H25FO5/c1-12-8-16-15-5-4-13-9-14(25)6-7-19(13,2)21(15,23)17(26)10-20(16,3)22(12,28)18(27)11-24/h4-7,9,12,15-16,24,28H,8,10-11H2,1-3H3/t12?,15-,16-,19-,20-,21-,22-/m0/s1. The molecule has 0 aromatic rings. The predicted octanol–water partition coefficient (Wildman–Crippen LogP) is 1.88. The van der Waals surface area contributed by atoms with Crippen LogP contribution in [0.2, 0.25) is 0 Å². The summed E-state index contributed by atoms with van der Waals surface area (Å²) >= 11 is 0. The number of Topliss-reactive ketones (excluding diaryl/α,β-unsaturated/α-hetero) is 2. The number of hydrogen-bond donors (Lipinski definition) is 2. The topological polar surface area (TPSA) is 91.7 Å². The lowest BCUT2D eigenvalue weighted by Crippen LogP contribution is -2.67. The number of carbonyl (C=O) groups excluding carboxylic acids is 3. The molecule has 0 bridgehead atoms. The first-order valence-corrected chi connectivity index (χ1v) is 9.69. The average Bonchev–Trinajstić information content (AvgIpc) is 2.84. The number of hydrogen-bond acceptors (Lipinski definition) is 5. The monoisotopic (exact) mass is 388 g/mol. The van der Waals surface area contributed by atoms with Gasteiger partial charge in [0.05, 0.1) is 5.41 Å². The van der Waals surface area contributed by atoms with Crippen molar-refractivity contribution in [3.05, 3.63) is 36.0 Å². The number of allylic oxidation sites excluding steroid dienone is 6. The molecule has 5 nitrogen and oxygen atoms in total. The molecule has 150 valence electrons. The number of ketones is 3.